The van der Waals surface area contributed by atoms with Gasteiger partial charge in [-0.05, 0) is 51.1 Å². The third-order valence-electron chi connectivity index (χ3n) is 6.91. The minimum Gasteiger partial charge on any atom is -0.465 e. The van der Waals surface area contributed by atoms with Crippen molar-refractivity contribution in [3.05, 3.63) is 48.0 Å². The summed E-state index contributed by atoms with van der Waals surface area (Å²) in [4.78, 5) is 15.7. The third-order valence-corrected chi connectivity index (χ3v) is 6.91. The first-order valence-corrected chi connectivity index (χ1v) is 10.9. The molecule has 2 bridgehead atoms. The topological polar surface area (TPSA) is 38.8 Å². The zero-order valence-electron chi connectivity index (χ0n) is 17.1. The lowest BCUT2D eigenvalue weighted by atomic mass is 9.55. The molecule has 0 N–H and O–H groups in total. The molecule has 2 heterocycles. The lowest BCUT2D eigenvalue weighted by Crippen LogP contribution is -2.67. The highest BCUT2D eigenvalue weighted by Gasteiger charge is 2.62. The van der Waals surface area contributed by atoms with Crippen molar-refractivity contribution in [2.45, 2.75) is 51.6 Å². The number of aryl methyl sites for hydroxylation is 1. The number of nitrogens with zero attached hydrogens (tertiary/aromatic N) is 1. The van der Waals surface area contributed by atoms with Crippen LogP contribution >= 0.6 is 0 Å². The van der Waals surface area contributed by atoms with Crippen molar-refractivity contribution in [2.75, 3.05) is 32.8 Å². The predicted molar refractivity (Wildman–Crippen MR) is 110 cm³/mol. The number of allylic oxidation sites excluding steroid dienone is 1. The van der Waals surface area contributed by atoms with E-state index in [0.717, 1.165) is 58.2 Å². The van der Waals surface area contributed by atoms with Gasteiger partial charge in [0, 0.05) is 18.5 Å². The predicted octanol–water partition coefficient (Wildman–Crippen LogP) is 4.00. The van der Waals surface area contributed by atoms with E-state index >= 15 is 0 Å². The Labute approximate surface area is 168 Å². The Morgan fingerprint density at radius 3 is 2.89 bits per heavy atom. The first-order valence-electron chi connectivity index (χ1n) is 10.9. The monoisotopic (exact) mass is 383 g/mol. The fraction of sp³-hybridized carbons (Fsp3) is 0.625. The SMILES string of the molecule is CCOC(=O)[C@]12CCC[C@@]3(CC=CCO[C@@H]31)CN(CCCc1ccccc1)C2. The van der Waals surface area contributed by atoms with E-state index in [9.17, 15) is 4.79 Å². The van der Waals surface area contributed by atoms with Gasteiger partial charge in [0.2, 0.25) is 0 Å². The third kappa shape index (κ3) is 3.65. The van der Waals surface area contributed by atoms with Crippen LogP contribution in [0, 0.1) is 10.8 Å². The number of likely N-dealkylation sites (tertiary alicyclic amines) is 1. The van der Waals surface area contributed by atoms with Gasteiger partial charge in [-0.2, -0.15) is 0 Å². The van der Waals surface area contributed by atoms with Crippen molar-refractivity contribution in [3.8, 4) is 0 Å². The molecule has 0 radical (unpaired) electrons. The summed E-state index contributed by atoms with van der Waals surface area (Å²) in [6.07, 6.45) is 10.7. The molecule has 4 nitrogen and oxygen atoms in total. The lowest BCUT2D eigenvalue weighted by molar-refractivity contribution is -0.209. The summed E-state index contributed by atoms with van der Waals surface area (Å²) in [5.41, 5.74) is 0.922. The number of hydrogen-bond donors (Lipinski definition) is 0. The molecular weight excluding hydrogens is 350 g/mol. The van der Waals surface area contributed by atoms with E-state index in [1.165, 1.54) is 5.56 Å². The highest BCUT2D eigenvalue weighted by Crippen LogP contribution is 2.55. The fourth-order valence-corrected chi connectivity index (χ4v) is 5.83. The summed E-state index contributed by atoms with van der Waals surface area (Å²) in [6, 6.07) is 10.7. The van der Waals surface area contributed by atoms with Gasteiger partial charge in [0.05, 0.1) is 19.3 Å². The second-order valence-electron chi connectivity index (χ2n) is 8.78. The fourth-order valence-electron chi connectivity index (χ4n) is 5.83. The lowest BCUT2D eigenvalue weighted by Gasteiger charge is -2.59. The molecule has 3 atom stereocenters. The Morgan fingerprint density at radius 1 is 1.21 bits per heavy atom. The Kier molecular flexibility index (Phi) is 5.88. The number of benzene rings is 1. The summed E-state index contributed by atoms with van der Waals surface area (Å²) in [5.74, 6) is -0.0428. The Morgan fingerprint density at radius 2 is 2.07 bits per heavy atom. The van der Waals surface area contributed by atoms with Gasteiger partial charge >= 0.3 is 5.97 Å². The largest absolute Gasteiger partial charge is 0.465 e. The van der Waals surface area contributed by atoms with E-state index in [0.29, 0.717) is 13.2 Å². The van der Waals surface area contributed by atoms with E-state index in [2.05, 4.69) is 47.4 Å². The molecule has 1 saturated heterocycles. The summed E-state index contributed by atoms with van der Waals surface area (Å²) in [6.45, 7) is 5.77. The van der Waals surface area contributed by atoms with Crippen molar-refractivity contribution in [1.29, 1.82) is 0 Å². The van der Waals surface area contributed by atoms with Crippen LogP contribution in [0.5, 0.6) is 0 Å². The van der Waals surface area contributed by atoms with Crippen LogP contribution in [-0.4, -0.2) is 49.8 Å². The smallest absolute Gasteiger partial charge is 0.316 e. The van der Waals surface area contributed by atoms with Crippen LogP contribution in [0.4, 0.5) is 0 Å². The Bertz CT molecular complexity index is 703. The molecule has 152 valence electrons. The average molecular weight is 384 g/mol. The van der Waals surface area contributed by atoms with E-state index in [-0.39, 0.29) is 17.5 Å². The van der Waals surface area contributed by atoms with Gasteiger partial charge in [-0.25, -0.2) is 0 Å². The summed E-state index contributed by atoms with van der Waals surface area (Å²) in [5, 5.41) is 0. The van der Waals surface area contributed by atoms with Gasteiger partial charge in [-0.1, -0.05) is 48.9 Å². The number of carbonyl (C=O) groups is 1. The maximum Gasteiger partial charge on any atom is 0.316 e. The molecule has 0 aromatic heterocycles. The van der Waals surface area contributed by atoms with Crippen molar-refractivity contribution in [1.82, 2.24) is 4.90 Å². The van der Waals surface area contributed by atoms with Gasteiger partial charge in [0.25, 0.3) is 0 Å². The van der Waals surface area contributed by atoms with Crippen LogP contribution in [0.15, 0.2) is 42.5 Å². The molecule has 1 aromatic rings. The van der Waals surface area contributed by atoms with Crippen LogP contribution in [-0.2, 0) is 20.7 Å². The van der Waals surface area contributed by atoms with E-state index in [1.807, 2.05) is 6.92 Å². The number of hydrogen-bond acceptors (Lipinski definition) is 4. The van der Waals surface area contributed by atoms with Crippen LogP contribution in [0.1, 0.15) is 44.6 Å². The molecule has 0 amide bonds. The van der Waals surface area contributed by atoms with E-state index in [1.54, 1.807) is 0 Å². The van der Waals surface area contributed by atoms with Crippen molar-refractivity contribution in [2.24, 2.45) is 10.8 Å². The van der Waals surface area contributed by atoms with Gasteiger partial charge < -0.3 is 14.4 Å². The van der Waals surface area contributed by atoms with Crippen molar-refractivity contribution in [3.63, 3.8) is 0 Å². The summed E-state index contributed by atoms with van der Waals surface area (Å²) < 4.78 is 11.9. The quantitative estimate of drug-likeness (QED) is 0.550. The molecule has 2 aliphatic heterocycles. The summed E-state index contributed by atoms with van der Waals surface area (Å²) >= 11 is 0. The highest BCUT2D eigenvalue weighted by molar-refractivity contribution is 5.78. The molecule has 0 spiro atoms. The van der Waals surface area contributed by atoms with Crippen LogP contribution in [0.3, 0.4) is 0 Å². The van der Waals surface area contributed by atoms with Crippen LogP contribution in [0.25, 0.3) is 0 Å². The molecular formula is C24H33NO3. The normalized spacial score (nSPS) is 32.4. The molecule has 1 aliphatic carbocycles. The van der Waals surface area contributed by atoms with Gasteiger partial charge in [-0.15, -0.1) is 0 Å². The molecule has 28 heavy (non-hydrogen) atoms. The second-order valence-corrected chi connectivity index (χ2v) is 8.78. The minimum absolute atomic E-state index is 0.0202. The zero-order chi connectivity index (χ0) is 19.5. The number of rotatable bonds is 6. The molecule has 0 unspecified atom stereocenters. The van der Waals surface area contributed by atoms with Crippen LogP contribution < -0.4 is 0 Å². The van der Waals surface area contributed by atoms with Gasteiger partial charge in [0.15, 0.2) is 0 Å². The molecule has 4 heteroatoms. The number of ether oxygens (including phenoxy) is 2. The number of esters is 1. The van der Waals surface area contributed by atoms with E-state index < -0.39 is 5.41 Å². The standard InChI is InChI=1S/C24H33NO3/c1-2-27-22(26)24-15-9-14-23(13-6-7-17-28-21(23)24)18-25(19-24)16-8-12-20-10-4-3-5-11-20/h3-7,10-11,21H,2,8-9,12-19H2,1H3/t21-,23-,24-/m0/s1. The van der Waals surface area contributed by atoms with E-state index in [4.69, 9.17) is 9.47 Å². The average Bonchev–Trinajstić information content (AvgIpc) is 2.92. The zero-order valence-corrected chi connectivity index (χ0v) is 17.1. The maximum atomic E-state index is 13.2. The minimum atomic E-state index is -0.509. The highest BCUT2D eigenvalue weighted by atomic mass is 16.5. The van der Waals surface area contributed by atoms with Crippen molar-refractivity contribution < 1.29 is 14.3 Å². The van der Waals surface area contributed by atoms with Crippen molar-refractivity contribution >= 4 is 5.97 Å². The molecule has 2 fully saturated rings. The Balaban J connectivity index is 1.53. The van der Waals surface area contributed by atoms with Gasteiger partial charge in [0.1, 0.15) is 5.41 Å². The number of carbonyl (C=O) groups excluding carboxylic acids is 1. The van der Waals surface area contributed by atoms with Crippen LogP contribution in [0.2, 0.25) is 0 Å². The molecule has 1 aromatic carbocycles. The molecule has 1 saturated carbocycles. The van der Waals surface area contributed by atoms with Gasteiger partial charge in [-0.3, -0.25) is 4.79 Å². The summed E-state index contributed by atoms with van der Waals surface area (Å²) in [7, 11) is 0. The number of piperidine rings is 1. The maximum absolute atomic E-state index is 13.2. The first-order chi connectivity index (χ1) is 13.7. The molecule has 3 aliphatic rings. The first kappa shape index (κ1) is 19.7. The second kappa shape index (κ2) is 8.38. The Hall–Kier alpha value is -1.65. The molecule has 4 rings (SSSR count).